The van der Waals surface area contributed by atoms with E-state index in [2.05, 4.69) is 77.1 Å². The Morgan fingerprint density at radius 1 is 1.04 bits per heavy atom. The molecule has 0 saturated carbocycles. The molecule has 0 heterocycles. The molecule has 3 aliphatic rings. The molecule has 1 nitrogen and oxygen atoms in total. The summed E-state index contributed by atoms with van der Waals surface area (Å²) in [7, 11) is 0. The van der Waals surface area contributed by atoms with Crippen molar-refractivity contribution in [1.29, 1.82) is 0 Å². The zero-order valence-corrected chi connectivity index (χ0v) is 17.1. The van der Waals surface area contributed by atoms with Gasteiger partial charge in [-0.25, -0.2) is 0 Å². The first-order valence-electron chi connectivity index (χ1n) is 10.2. The van der Waals surface area contributed by atoms with E-state index >= 15 is 0 Å². The van der Waals surface area contributed by atoms with Gasteiger partial charge >= 0.3 is 0 Å². The van der Waals surface area contributed by atoms with E-state index in [0.717, 1.165) is 18.5 Å². The molecule has 0 bridgehead atoms. The van der Waals surface area contributed by atoms with Gasteiger partial charge in [-0.2, -0.15) is 0 Å². The standard InChI is InChI=1S/C26H29N/c1-6-15-7-8-16-12-21-23(19(16)11-15)25(2,3)22-13-17-9-10-18(27)14-20(17)24(22)26(21,4)5/h7-12,14,23H,6,13,27H2,1-5H3. The first-order valence-corrected chi connectivity index (χ1v) is 10.2. The lowest BCUT2D eigenvalue weighted by Crippen LogP contribution is -2.36. The summed E-state index contributed by atoms with van der Waals surface area (Å²) in [5, 5.41) is 0. The number of fused-ring (bicyclic) bond motifs is 5. The summed E-state index contributed by atoms with van der Waals surface area (Å²) in [6.07, 6.45) is 4.64. The normalized spacial score (nSPS) is 23.4. The number of benzene rings is 2. The zero-order valence-electron chi connectivity index (χ0n) is 17.1. The molecule has 2 aromatic rings. The van der Waals surface area contributed by atoms with Gasteiger partial charge in [-0.05, 0) is 63.8 Å². The Hall–Kier alpha value is -2.28. The molecular formula is C26H29N. The highest BCUT2D eigenvalue weighted by Crippen LogP contribution is 2.67. The van der Waals surface area contributed by atoms with Gasteiger partial charge in [-0.3, -0.25) is 0 Å². The number of aryl methyl sites for hydroxylation is 1. The highest BCUT2D eigenvalue weighted by molar-refractivity contribution is 5.89. The second-order valence-corrected chi connectivity index (χ2v) is 9.64. The number of anilines is 1. The van der Waals surface area contributed by atoms with Crippen LogP contribution < -0.4 is 5.73 Å². The molecule has 0 amide bonds. The number of nitrogens with two attached hydrogens (primary N) is 1. The predicted octanol–water partition coefficient (Wildman–Crippen LogP) is 6.39. The predicted molar refractivity (Wildman–Crippen MR) is 116 cm³/mol. The van der Waals surface area contributed by atoms with Crippen LogP contribution in [0.3, 0.4) is 0 Å². The third-order valence-corrected chi connectivity index (χ3v) is 7.41. The maximum Gasteiger partial charge on any atom is 0.0320 e. The number of hydrogen-bond acceptors (Lipinski definition) is 1. The second-order valence-electron chi connectivity index (χ2n) is 9.64. The van der Waals surface area contributed by atoms with Gasteiger partial charge in [0, 0.05) is 17.0 Å². The van der Waals surface area contributed by atoms with Crippen LogP contribution in [0.25, 0.3) is 11.6 Å². The van der Waals surface area contributed by atoms with Crippen molar-refractivity contribution >= 4 is 17.3 Å². The van der Waals surface area contributed by atoms with Gasteiger partial charge in [-0.15, -0.1) is 0 Å². The molecule has 2 N–H and O–H groups in total. The number of rotatable bonds is 1. The third kappa shape index (κ3) is 2.06. The van der Waals surface area contributed by atoms with E-state index < -0.39 is 0 Å². The van der Waals surface area contributed by atoms with Crippen molar-refractivity contribution in [1.82, 2.24) is 0 Å². The van der Waals surface area contributed by atoms with Crippen LogP contribution in [0.5, 0.6) is 0 Å². The molecule has 1 heteroatoms. The maximum atomic E-state index is 6.18. The van der Waals surface area contributed by atoms with Gasteiger partial charge in [0.15, 0.2) is 0 Å². The first kappa shape index (κ1) is 16.9. The van der Waals surface area contributed by atoms with E-state index in [-0.39, 0.29) is 10.8 Å². The van der Waals surface area contributed by atoms with Crippen molar-refractivity contribution in [3.63, 3.8) is 0 Å². The molecule has 27 heavy (non-hydrogen) atoms. The van der Waals surface area contributed by atoms with Gasteiger partial charge < -0.3 is 5.73 Å². The maximum absolute atomic E-state index is 6.18. The Morgan fingerprint density at radius 3 is 2.56 bits per heavy atom. The van der Waals surface area contributed by atoms with E-state index in [9.17, 15) is 0 Å². The highest BCUT2D eigenvalue weighted by atomic mass is 14.6. The molecule has 0 aromatic heterocycles. The lowest BCUT2D eigenvalue weighted by Gasteiger charge is -2.48. The molecule has 2 aromatic carbocycles. The molecule has 0 fully saturated rings. The van der Waals surface area contributed by atoms with Crippen LogP contribution in [0.15, 0.2) is 47.5 Å². The van der Waals surface area contributed by atoms with Crippen molar-refractivity contribution in [3.05, 3.63) is 75.4 Å². The van der Waals surface area contributed by atoms with Gasteiger partial charge in [0.05, 0.1) is 0 Å². The van der Waals surface area contributed by atoms with Crippen LogP contribution in [0.2, 0.25) is 0 Å². The SMILES string of the molecule is CCc1ccc2c(c1)C1C(=C2)C(C)(C)C2=C(Cc3ccc(N)cc32)C1(C)C. The summed E-state index contributed by atoms with van der Waals surface area (Å²) in [4.78, 5) is 0. The second kappa shape index (κ2) is 5.16. The Labute approximate surface area is 163 Å². The summed E-state index contributed by atoms with van der Waals surface area (Å²) in [5.74, 6) is 0.472. The van der Waals surface area contributed by atoms with E-state index in [1.165, 1.54) is 33.4 Å². The summed E-state index contributed by atoms with van der Waals surface area (Å²) >= 11 is 0. The van der Waals surface area contributed by atoms with Crippen LogP contribution in [-0.2, 0) is 12.8 Å². The van der Waals surface area contributed by atoms with E-state index in [1.807, 2.05) is 0 Å². The average Bonchev–Trinajstić information content (AvgIpc) is 3.20. The van der Waals surface area contributed by atoms with E-state index in [0.29, 0.717) is 5.92 Å². The fourth-order valence-corrected chi connectivity index (χ4v) is 5.97. The molecule has 1 atom stereocenters. The molecule has 0 radical (unpaired) electrons. The minimum absolute atomic E-state index is 0.0277. The van der Waals surface area contributed by atoms with E-state index in [4.69, 9.17) is 5.73 Å². The Bertz CT molecular complexity index is 1050. The minimum atomic E-state index is 0.0277. The lowest BCUT2D eigenvalue weighted by atomic mass is 9.55. The molecule has 5 rings (SSSR count). The van der Waals surface area contributed by atoms with Crippen molar-refractivity contribution in [2.45, 2.75) is 53.4 Å². The summed E-state index contributed by atoms with van der Waals surface area (Å²) in [6, 6.07) is 13.6. The Morgan fingerprint density at radius 2 is 1.81 bits per heavy atom. The van der Waals surface area contributed by atoms with E-state index in [1.54, 1.807) is 11.1 Å². The Kier molecular flexibility index (Phi) is 3.22. The van der Waals surface area contributed by atoms with Crippen LogP contribution in [0.1, 0.15) is 68.4 Å². The quantitative estimate of drug-likeness (QED) is 0.589. The van der Waals surface area contributed by atoms with Gasteiger partial charge in [-0.1, -0.05) is 76.1 Å². The number of allylic oxidation sites excluding steroid dienone is 3. The zero-order chi connectivity index (χ0) is 19.1. The molecule has 3 aliphatic carbocycles. The van der Waals surface area contributed by atoms with Crippen molar-refractivity contribution < 1.29 is 0 Å². The fourth-order valence-electron chi connectivity index (χ4n) is 5.97. The molecule has 1 unspecified atom stereocenters. The highest BCUT2D eigenvalue weighted by Gasteiger charge is 2.53. The van der Waals surface area contributed by atoms with Crippen molar-refractivity contribution in [3.8, 4) is 0 Å². The number of nitrogen functional groups attached to an aromatic ring is 1. The molecule has 0 saturated heterocycles. The molecular weight excluding hydrogens is 326 g/mol. The molecule has 0 spiro atoms. The third-order valence-electron chi connectivity index (χ3n) is 7.41. The summed E-state index contributed by atoms with van der Waals surface area (Å²) < 4.78 is 0. The monoisotopic (exact) mass is 355 g/mol. The van der Waals surface area contributed by atoms with Gasteiger partial charge in [0.1, 0.15) is 0 Å². The number of hydrogen-bond donors (Lipinski definition) is 1. The van der Waals surface area contributed by atoms with Gasteiger partial charge in [0.25, 0.3) is 0 Å². The lowest BCUT2D eigenvalue weighted by molar-refractivity contribution is 0.328. The fraction of sp³-hybridized carbons (Fsp3) is 0.385. The van der Waals surface area contributed by atoms with Crippen LogP contribution in [-0.4, -0.2) is 0 Å². The van der Waals surface area contributed by atoms with Crippen molar-refractivity contribution in [2.24, 2.45) is 10.8 Å². The topological polar surface area (TPSA) is 26.0 Å². The van der Waals surface area contributed by atoms with Gasteiger partial charge in [0.2, 0.25) is 0 Å². The largest absolute Gasteiger partial charge is 0.399 e. The van der Waals surface area contributed by atoms with Crippen LogP contribution in [0, 0.1) is 10.8 Å². The summed E-state index contributed by atoms with van der Waals surface area (Å²) in [5.41, 5.74) is 19.1. The van der Waals surface area contributed by atoms with Crippen LogP contribution >= 0.6 is 0 Å². The summed E-state index contributed by atoms with van der Waals surface area (Å²) in [6.45, 7) is 12.0. The first-order chi connectivity index (χ1) is 12.7. The van der Waals surface area contributed by atoms with Crippen LogP contribution in [0.4, 0.5) is 5.69 Å². The minimum Gasteiger partial charge on any atom is -0.399 e. The smallest absolute Gasteiger partial charge is 0.0320 e. The molecule has 0 aliphatic heterocycles. The van der Waals surface area contributed by atoms with Crippen molar-refractivity contribution in [2.75, 3.05) is 5.73 Å². The Balaban J connectivity index is 1.77. The average molecular weight is 356 g/mol. The molecule has 138 valence electrons.